The van der Waals surface area contributed by atoms with Crippen molar-refractivity contribution in [3.63, 3.8) is 0 Å². The van der Waals surface area contributed by atoms with Crippen LogP contribution in [-0.4, -0.2) is 46.2 Å². The predicted molar refractivity (Wildman–Crippen MR) is 82.4 cm³/mol. The van der Waals surface area contributed by atoms with Crippen LogP contribution in [-0.2, 0) is 6.54 Å². The molecule has 2 aromatic heterocycles. The van der Waals surface area contributed by atoms with Gasteiger partial charge in [0.25, 0.3) is 0 Å². The summed E-state index contributed by atoms with van der Waals surface area (Å²) in [5.74, 6) is 1.51. The first-order valence-electron chi connectivity index (χ1n) is 7.52. The highest BCUT2D eigenvalue weighted by atomic mass is 15.2. The molecule has 112 valence electrons. The number of hydrogen-bond acceptors (Lipinski definition) is 5. The molecule has 0 aromatic carbocycles. The number of nitrogens with one attached hydrogen (secondary N) is 1. The van der Waals surface area contributed by atoms with E-state index in [1.165, 1.54) is 12.8 Å². The van der Waals surface area contributed by atoms with Crippen LogP contribution in [0.3, 0.4) is 0 Å². The second kappa shape index (κ2) is 6.67. The molecule has 0 spiro atoms. The summed E-state index contributed by atoms with van der Waals surface area (Å²) in [5, 5.41) is 3.44. The molecule has 2 aromatic rings. The minimum atomic E-state index is 0.516. The van der Waals surface area contributed by atoms with Crippen LogP contribution in [0.15, 0.2) is 31.1 Å². The highest BCUT2D eigenvalue weighted by Crippen LogP contribution is 2.23. The van der Waals surface area contributed by atoms with E-state index in [9.17, 15) is 0 Å². The fraction of sp³-hybridized carbons (Fsp3) is 0.533. The molecule has 1 atom stereocenters. The van der Waals surface area contributed by atoms with Gasteiger partial charge in [0.1, 0.15) is 12.1 Å². The van der Waals surface area contributed by atoms with Crippen molar-refractivity contribution >= 4 is 5.82 Å². The molecular weight excluding hydrogens is 264 g/mol. The third-order valence-corrected chi connectivity index (χ3v) is 4.03. The standard InChI is InChI=1S/C15H22N6/c1-20(7-8-21-6-5-17-12-21)15-9-14(18-11-19-15)13-3-2-4-16-10-13/h5-6,9,11-13,16H,2-4,7-8,10H2,1H3. The van der Waals surface area contributed by atoms with E-state index in [0.29, 0.717) is 5.92 Å². The number of anilines is 1. The summed E-state index contributed by atoms with van der Waals surface area (Å²) in [6.45, 7) is 3.95. The van der Waals surface area contributed by atoms with Gasteiger partial charge in [0.15, 0.2) is 0 Å². The maximum absolute atomic E-state index is 4.46. The van der Waals surface area contributed by atoms with Crippen LogP contribution in [0.1, 0.15) is 24.5 Å². The molecule has 0 amide bonds. The number of imidazole rings is 1. The van der Waals surface area contributed by atoms with E-state index >= 15 is 0 Å². The summed E-state index contributed by atoms with van der Waals surface area (Å²) in [6, 6.07) is 2.13. The zero-order valence-electron chi connectivity index (χ0n) is 12.4. The van der Waals surface area contributed by atoms with E-state index in [0.717, 1.165) is 37.7 Å². The Morgan fingerprint density at radius 1 is 1.43 bits per heavy atom. The molecule has 0 radical (unpaired) electrons. The van der Waals surface area contributed by atoms with E-state index in [1.54, 1.807) is 12.5 Å². The Bertz CT molecular complexity index is 547. The first-order chi connectivity index (χ1) is 10.3. The van der Waals surface area contributed by atoms with Gasteiger partial charge >= 0.3 is 0 Å². The number of nitrogens with zero attached hydrogens (tertiary/aromatic N) is 5. The van der Waals surface area contributed by atoms with Crippen LogP contribution < -0.4 is 10.2 Å². The van der Waals surface area contributed by atoms with Gasteiger partial charge in [-0.05, 0) is 19.4 Å². The molecule has 0 bridgehead atoms. The van der Waals surface area contributed by atoms with Crippen LogP contribution in [0.4, 0.5) is 5.82 Å². The highest BCUT2D eigenvalue weighted by Gasteiger charge is 2.17. The van der Waals surface area contributed by atoms with Crippen LogP contribution >= 0.6 is 0 Å². The molecule has 1 aliphatic heterocycles. The van der Waals surface area contributed by atoms with Gasteiger partial charge in [-0.1, -0.05) is 0 Å². The van der Waals surface area contributed by atoms with E-state index < -0.39 is 0 Å². The monoisotopic (exact) mass is 286 g/mol. The Hall–Kier alpha value is -1.95. The molecule has 1 unspecified atom stereocenters. The van der Waals surface area contributed by atoms with E-state index in [1.807, 2.05) is 12.5 Å². The van der Waals surface area contributed by atoms with Gasteiger partial charge < -0.3 is 14.8 Å². The highest BCUT2D eigenvalue weighted by molar-refractivity contribution is 5.38. The molecule has 0 aliphatic carbocycles. The largest absolute Gasteiger partial charge is 0.358 e. The molecule has 21 heavy (non-hydrogen) atoms. The number of aromatic nitrogens is 4. The van der Waals surface area contributed by atoms with Crippen molar-refractivity contribution in [2.45, 2.75) is 25.3 Å². The SMILES string of the molecule is CN(CCn1ccnc1)c1cc(C2CCCNC2)ncn1. The lowest BCUT2D eigenvalue weighted by Crippen LogP contribution is -2.29. The topological polar surface area (TPSA) is 58.9 Å². The Balaban J connectivity index is 1.64. The predicted octanol–water partition coefficient (Wildman–Crippen LogP) is 1.28. The lowest BCUT2D eigenvalue weighted by atomic mass is 9.96. The normalized spacial score (nSPS) is 18.6. The van der Waals surface area contributed by atoms with Crippen LogP contribution in [0.5, 0.6) is 0 Å². The molecule has 1 aliphatic rings. The van der Waals surface area contributed by atoms with Gasteiger partial charge in [-0.3, -0.25) is 0 Å². The van der Waals surface area contributed by atoms with Gasteiger partial charge in [0.05, 0.1) is 12.0 Å². The second-order valence-electron chi connectivity index (χ2n) is 5.57. The molecule has 1 N–H and O–H groups in total. The zero-order chi connectivity index (χ0) is 14.5. The number of piperidine rings is 1. The zero-order valence-corrected chi connectivity index (χ0v) is 12.4. The van der Waals surface area contributed by atoms with Crippen molar-refractivity contribution in [2.24, 2.45) is 0 Å². The average molecular weight is 286 g/mol. The van der Waals surface area contributed by atoms with Crippen molar-refractivity contribution in [1.29, 1.82) is 0 Å². The van der Waals surface area contributed by atoms with Crippen LogP contribution in [0.25, 0.3) is 0 Å². The summed E-state index contributed by atoms with van der Waals surface area (Å²) in [6.07, 6.45) is 9.74. The molecule has 0 saturated carbocycles. The lowest BCUT2D eigenvalue weighted by Gasteiger charge is -2.24. The molecule has 3 heterocycles. The number of rotatable bonds is 5. The lowest BCUT2D eigenvalue weighted by molar-refractivity contribution is 0.454. The fourth-order valence-corrected chi connectivity index (χ4v) is 2.70. The van der Waals surface area contributed by atoms with Gasteiger partial charge in [-0.25, -0.2) is 15.0 Å². The van der Waals surface area contributed by atoms with Crippen molar-refractivity contribution < 1.29 is 0 Å². The number of hydrogen-bond donors (Lipinski definition) is 1. The summed E-state index contributed by atoms with van der Waals surface area (Å²) >= 11 is 0. The third kappa shape index (κ3) is 3.58. The molecule has 6 heteroatoms. The minimum absolute atomic E-state index is 0.516. The summed E-state index contributed by atoms with van der Waals surface area (Å²) < 4.78 is 2.07. The minimum Gasteiger partial charge on any atom is -0.358 e. The molecule has 1 fully saturated rings. The Kier molecular flexibility index (Phi) is 4.45. The van der Waals surface area contributed by atoms with Gasteiger partial charge in [-0.2, -0.15) is 0 Å². The van der Waals surface area contributed by atoms with Crippen LogP contribution in [0, 0.1) is 0 Å². The Labute approximate surface area is 125 Å². The smallest absolute Gasteiger partial charge is 0.131 e. The van der Waals surface area contributed by atoms with E-state index in [-0.39, 0.29) is 0 Å². The third-order valence-electron chi connectivity index (χ3n) is 4.03. The first kappa shape index (κ1) is 14.0. The van der Waals surface area contributed by atoms with Crippen LogP contribution in [0.2, 0.25) is 0 Å². The molecule has 3 rings (SSSR count). The Morgan fingerprint density at radius 2 is 2.38 bits per heavy atom. The van der Waals surface area contributed by atoms with E-state index in [2.05, 4.69) is 42.8 Å². The Morgan fingerprint density at radius 3 is 3.14 bits per heavy atom. The van der Waals surface area contributed by atoms with Crippen molar-refractivity contribution in [2.75, 3.05) is 31.6 Å². The summed E-state index contributed by atoms with van der Waals surface area (Å²) in [7, 11) is 2.07. The van der Waals surface area contributed by atoms with E-state index in [4.69, 9.17) is 0 Å². The first-order valence-corrected chi connectivity index (χ1v) is 7.52. The second-order valence-corrected chi connectivity index (χ2v) is 5.57. The van der Waals surface area contributed by atoms with Crippen molar-refractivity contribution in [3.8, 4) is 0 Å². The summed E-state index contributed by atoms with van der Waals surface area (Å²) in [5.41, 5.74) is 1.15. The van der Waals surface area contributed by atoms with Gasteiger partial charge in [0.2, 0.25) is 0 Å². The maximum Gasteiger partial charge on any atom is 0.131 e. The fourth-order valence-electron chi connectivity index (χ4n) is 2.70. The van der Waals surface area contributed by atoms with Gasteiger partial charge in [0, 0.05) is 51.1 Å². The molecule has 6 nitrogen and oxygen atoms in total. The number of likely N-dealkylation sites (N-methyl/N-ethyl adjacent to an activating group) is 1. The maximum atomic E-state index is 4.46. The molecule has 1 saturated heterocycles. The quantitative estimate of drug-likeness (QED) is 0.897. The van der Waals surface area contributed by atoms with Crippen molar-refractivity contribution in [1.82, 2.24) is 24.8 Å². The van der Waals surface area contributed by atoms with Gasteiger partial charge in [-0.15, -0.1) is 0 Å². The summed E-state index contributed by atoms with van der Waals surface area (Å²) in [4.78, 5) is 15.1. The average Bonchev–Trinajstić information content (AvgIpc) is 3.07. The van der Waals surface area contributed by atoms with Crippen molar-refractivity contribution in [3.05, 3.63) is 36.8 Å². The molecular formula is C15H22N6.